The van der Waals surface area contributed by atoms with E-state index in [4.69, 9.17) is 0 Å². The van der Waals surface area contributed by atoms with Crippen LogP contribution in [0, 0.1) is 6.92 Å². The molecule has 0 saturated carbocycles. The summed E-state index contributed by atoms with van der Waals surface area (Å²) < 4.78 is 0. The Balaban J connectivity index is 1.64. The number of amides is 2. The van der Waals surface area contributed by atoms with Gasteiger partial charge in [0.05, 0.1) is 6.04 Å². The first-order valence-corrected chi connectivity index (χ1v) is 9.80. The number of aromatic nitrogens is 1. The lowest BCUT2D eigenvalue weighted by Gasteiger charge is -2.22. The largest absolute Gasteiger partial charge is 0.341 e. The van der Waals surface area contributed by atoms with Crippen LogP contribution in [0.1, 0.15) is 45.9 Å². The molecule has 1 aromatic heterocycles. The van der Waals surface area contributed by atoms with Crippen molar-refractivity contribution in [2.24, 2.45) is 0 Å². The van der Waals surface area contributed by atoms with E-state index in [1.54, 1.807) is 29.4 Å². The van der Waals surface area contributed by atoms with Crippen molar-refractivity contribution in [3.63, 3.8) is 0 Å². The van der Waals surface area contributed by atoms with Gasteiger partial charge in [-0.1, -0.05) is 30.3 Å². The van der Waals surface area contributed by atoms with Crippen LogP contribution < -0.4 is 10.2 Å². The summed E-state index contributed by atoms with van der Waals surface area (Å²) in [5.74, 6) is -0.0688. The zero-order valence-corrected chi connectivity index (χ0v) is 16.3. The summed E-state index contributed by atoms with van der Waals surface area (Å²) in [5, 5.41) is 3.17. The fraction of sp³-hybridized carbons (Fsp3) is 0.208. The molecule has 1 saturated heterocycles. The molecule has 2 amide bonds. The van der Waals surface area contributed by atoms with Crippen molar-refractivity contribution in [1.29, 1.82) is 0 Å². The van der Waals surface area contributed by atoms with Crippen LogP contribution in [-0.4, -0.2) is 23.3 Å². The van der Waals surface area contributed by atoms with Crippen molar-refractivity contribution in [2.75, 3.05) is 11.4 Å². The minimum Gasteiger partial charge on any atom is -0.341 e. The molecule has 1 atom stereocenters. The van der Waals surface area contributed by atoms with Crippen LogP contribution in [0.15, 0.2) is 73.1 Å². The van der Waals surface area contributed by atoms with Crippen molar-refractivity contribution in [1.82, 2.24) is 10.3 Å². The molecule has 2 heterocycles. The van der Waals surface area contributed by atoms with Crippen LogP contribution in [0.5, 0.6) is 0 Å². The highest BCUT2D eigenvalue weighted by molar-refractivity contribution is 5.99. The highest BCUT2D eigenvalue weighted by atomic mass is 16.2. The second-order valence-electron chi connectivity index (χ2n) is 7.24. The van der Waals surface area contributed by atoms with Crippen LogP contribution in [0.25, 0.3) is 0 Å². The summed E-state index contributed by atoms with van der Waals surface area (Å²) in [6, 6.07) is 18.8. The molecular formula is C24H23N3O2. The summed E-state index contributed by atoms with van der Waals surface area (Å²) in [6.07, 6.45) is 4.87. The third kappa shape index (κ3) is 4.04. The molecule has 0 radical (unpaired) electrons. The topological polar surface area (TPSA) is 62.3 Å². The summed E-state index contributed by atoms with van der Waals surface area (Å²) >= 11 is 0. The average Bonchev–Trinajstić information content (AvgIpc) is 3.19. The summed E-state index contributed by atoms with van der Waals surface area (Å²) in [5.41, 5.74) is 4.42. The lowest BCUT2D eigenvalue weighted by atomic mass is 9.95. The van der Waals surface area contributed by atoms with Crippen LogP contribution in [-0.2, 0) is 4.79 Å². The van der Waals surface area contributed by atoms with E-state index in [1.165, 1.54) is 0 Å². The van der Waals surface area contributed by atoms with Crippen LogP contribution in [0.2, 0.25) is 0 Å². The van der Waals surface area contributed by atoms with Gasteiger partial charge in [0.15, 0.2) is 0 Å². The minimum absolute atomic E-state index is 0.108. The van der Waals surface area contributed by atoms with Gasteiger partial charge in [-0.2, -0.15) is 0 Å². The second-order valence-corrected chi connectivity index (χ2v) is 7.24. The maximum atomic E-state index is 13.1. The lowest BCUT2D eigenvalue weighted by Crippen LogP contribution is -2.30. The van der Waals surface area contributed by atoms with E-state index in [0.717, 1.165) is 28.8 Å². The fourth-order valence-electron chi connectivity index (χ4n) is 3.76. The monoisotopic (exact) mass is 385 g/mol. The molecule has 5 heteroatoms. The highest BCUT2D eigenvalue weighted by Gasteiger charge is 2.23. The Labute approximate surface area is 170 Å². The smallest absolute Gasteiger partial charge is 0.252 e. The van der Waals surface area contributed by atoms with Gasteiger partial charge in [-0.3, -0.25) is 14.6 Å². The standard InChI is InChI=1S/C24H23N3O2/c1-17-6-2-3-9-21(17)23(18-11-13-25-14-12-18)26-24(29)19-7-4-8-20(16-19)27-15-5-10-22(27)28/h2-4,6-9,11-14,16,23H,5,10,15H2,1H3,(H,26,29). The van der Waals surface area contributed by atoms with E-state index in [9.17, 15) is 9.59 Å². The molecule has 5 nitrogen and oxygen atoms in total. The summed E-state index contributed by atoms with van der Waals surface area (Å²) in [4.78, 5) is 31.0. The average molecular weight is 385 g/mol. The number of carbonyl (C=O) groups excluding carboxylic acids is 2. The number of carbonyl (C=O) groups is 2. The van der Waals surface area contributed by atoms with E-state index in [0.29, 0.717) is 18.5 Å². The van der Waals surface area contributed by atoms with E-state index in [1.807, 2.05) is 55.5 Å². The number of nitrogens with one attached hydrogen (secondary N) is 1. The predicted octanol–water partition coefficient (Wildman–Crippen LogP) is 4.04. The maximum absolute atomic E-state index is 13.1. The van der Waals surface area contributed by atoms with Gasteiger partial charge in [-0.05, 0) is 60.4 Å². The summed E-state index contributed by atoms with van der Waals surface area (Å²) in [7, 11) is 0. The van der Waals surface area contributed by atoms with E-state index >= 15 is 0 Å². The molecule has 0 bridgehead atoms. The molecule has 29 heavy (non-hydrogen) atoms. The van der Waals surface area contributed by atoms with Crippen LogP contribution >= 0.6 is 0 Å². The molecule has 1 unspecified atom stereocenters. The molecule has 0 aliphatic carbocycles. The molecule has 2 aromatic carbocycles. The van der Waals surface area contributed by atoms with Gasteiger partial charge in [0.1, 0.15) is 0 Å². The number of rotatable bonds is 5. The quantitative estimate of drug-likeness (QED) is 0.721. The molecule has 1 aliphatic heterocycles. The first kappa shape index (κ1) is 18.9. The maximum Gasteiger partial charge on any atom is 0.252 e. The number of benzene rings is 2. The molecule has 0 spiro atoms. The SMILES string of the molecule is Cc1ccccc1C(NC(=O)c1cccc(N2CCCC2=O)c1)c1ccncc1. The van der Waals surface area contributed by atoms with Crippen molar-refractivity contribution in [3.8, 4) is 0 Å². The van der Waals surface area contributed by atoms with Gasteiger partial charge in [0, 0.05) is 36.6 Å². The lowest BCUT2D eigenvalue weighted by molar-refractivity contribution is -0.117. The molecule has 4 rings (SSSR count). The van der Waals surface area contributed by atoms with Gasteiger partial charge in [0.2, 0.25) is 5.91 Å². The second kappa shape index (κ2) is 8.27. The zero-order valence-electron chi connectivity index (χ0n) is 16.3. The van der Waals surface area contributed by atoms with Crippen LogP contribution in [0.4, 0.5) is 5.69 Å². The van der Waals surface area contributed by atoms with Crippen molar-refractivity contribution >= 4 is 17.5 Å². The van der Waals surface area contributed by atoms with Crippen molar-refractivity contribution in [3.05, 3.63) is 95.3 Å². The molecule has 146 valence electrons. The van der Waals surface area contributed by atoms with E-state index in [2.05, 4.69) is 10.3 Å². The molecule has 3 aromatic rings. The van der Waals surface area contributed by atoms with E-state index in [-0.39, 0.29) is 17.9 Å². The Morgan fingerprint density at radius 2 is 1.86 bits per heavy atom. The first-order valence-electron chi connectivity index (χ1n) is 9.80. The van der Waals surface area contributed by atoms with Gasteiger partial charge in [0.25, 0.3) is 5.91 Å². The Bertz CT molecular complexity index is 1030. The number of hydrogen-bond acceptors (Lipinski definition) is 3. The van der Waals surface area contributed by atoms with E-state index < -0.39 is 0 Å². The molecule has 1 fully saturated rings. The van der Waals surface area contributed by atoms with Crippen molar-refractivity contribution in [2.45, 2.75) is 25.8 Å². The van der Waals surface area contributed by atoms with Gasteiger partial charge < -0.3 is 10.2 Å². The van der Waals surface area contributed by atoms with Gasteiger partial charge in [-0.25, -0.2) is 0 Å². The number of pyridine rings is 1. The fourth-order valence-corrected chi connectivity index (χ4v) is 3.76. The van der Waals surface area contributed by atoms with Crippen LogP contribution in [0.3, 0.4) is 0 Å². The molecule has 1 aliphatic rings. The third-order valence-corrected chi connectivity index (χ3v) is 5.31. The Morgan fingerprint density at radius 3 is 2.59 bits per heavy atom. The first-order chi connectivity index (χ1) is 14.1. The summed E-state index contributed by atoms with van der Waals surface area (Å²) in [6.45, 7) is 2.74. The Kier molecular flexibility index (Phi) is 5.38. The molecular weight excluding hydrogens is 362 g/mol. The highest BCUT2D eigenvalue weighted by Crippen LogP contribution is 2.26. The number of anilines is 1. The Hall–Kier alpha value is -3.47. The normalized spacial score (nSPS) is 14.7. The number of nitrogens with zero attached hydrogens (tertiary/aromatic N) is 2. The minimum atomic E-state index is -0.288. The van der Waals surface area contributed by atoms with Gasteiger partial charge >= 0.3 is 0 Å². The Morgan fingerprint density at radius 1 is 1.07 bits per heavy atom. The third-order valence-electron chi connectivity index (χ3n) is 5.31. The van der Waals surface area contributed by atoms with Crippen molar-refractivity contribution < 1.29 is 9.59 Å². The molecule has 1 N–H and O–H groups in total. The van der Waals surface area contributed by atoms with Gasteiger partial charge in [-0.15, -0.1) is 0 Å². The number of hydrogen-bond donors (Lipinski definition) is 1. The zero-order chi connectivity index (χ0) is 20.2. The predicted molar refractivity (Wildman–Crippen MR) is 113 cm³/mol. The number of aryl methyl sites for hydroxylation is 1.